The maximum absolute atomic E-state index is 12.8. The highest BCUT2D eigenvalue weighted by Gasteiger charge is 2.33. The molecule has 0 aliphatic carbocycles. The molecule has 34 heavy (non-hydrogen) atoms. The molecule has 168 valence electrons. The standard InChI is InChI=1S/C28H21IN2O3/c29-24-15-20(16-25-27(32)31(28(33)30-25)17-19-7-2-1-3-8-19)13-14-26(24)34-18-22-11-6-10-21-9-4-5-12-23(21)22/h1-16H,17-18H2,(H,30,33)/b25-16+. The SMILES string of the molecule is O=C1N/C(=C/c2ccc(OCc3cccc4ccccc34)c(I)c2)C(=O)N1Cc1ccccc1. The Morgan fingerprint density at radius 1 is 0.882 bits per heavy atom. The Kier molecular flexibility index (Phi) is 6.31. The van der Waals surface area contributed by atoms with E-state index < -0.39 is 6.03 Å². The average molecular weight is 560 g/mol. The minimum atomic E-state index is -0.412. The van der Waals surface area contributed by atoms with E-state index in [4.69, 9.17) is 4.74 Å². The minimum absolute atomic E-state index is 0.237. The molecule has 0 spiro atoms. The van der Waals surface area contributed by atoms with Crippen LogP contribution in [-0.2, 0) is 17.9 Å². The first kappa shape index (κ1) is 22.2. The van der Waals surface area contributed by atoms with Crippen molar-refractivity contribution in [3.63, 3.8) is 0 Å². The van der Waals surface area contributed by atoms with E-state index in [9.17, 15) is 9.59 Å². The summed E-state index contributed by atoms with van der Waals surface area (Å²) in [5, 5.41) is 5.05. The molecular weight excluding hydrogens is 539 g/mol. The fourth-order valence-electron chi connectivity index (χ4n) is 3.95. The Morgan fingerprint density at radius 2 is 1.65 bits per heavy atom. The van der Waals surface area contributed by atoms with Crippen molar-refractivity contribution in [2.24, 2.45) is 0 Å². The van der Waals surface area contributed by atoms with Crippen LogP contribution >= 0.6 is 22.6 Å². The Morgan fingerprint density at radius 3 is 2.47 bits per heavy atom. The van der Waals surface area contributed by atoms with Crippen LogP contribution in [0, 0.1) is 3.57 Å². The summed E-state index contributed by atoms with van der Waals surface area (Å²) >= 11 is 2.22. The van der Waals surface area contributed by atoms with E-state index in [1.165, 1.54) is 15.7 Å². The highest BCUT2D eigenvalue weighted by molar-refractivity contribution is 14.1. The monoisotopic (exact) mass is 560 g/mol. The molecule has 0 saturated carbocycles. The maximum atomic E-state index is 12.8. The Labute approximate surface area is 211 Å². The second-order valence-corrected chi connectivity index (χ2v) is 9.14. The summed E-state index contributed by atoms with van der Waals surface area (Å²) in [5.41, 5.74) is 3.10. The summed E-state index contributed by atoms with van der Waals surface area (Å²) in [6.45, 7) is 0.697. The Hall–Kier alpha value is -3.65. The molecule has 4 aromatic rings. The van der Waals surface area contributed by atoms with Gasteiger partial charge in [0.05, 0.1) is 10.1 Å². The second-order valence-electron chi connectivity index (χ2n) is 7.98. The number of hydrogen-bond donors (Lipinski definition) is 1. The number of urea groups is 1. The van der Waals surface area contributed by atoms with Gasteiger partial charge in [-0.1, -0.05) is 78.9 Å². The maximum Gasteiger partial charge on any atom is 0.329 e. The number of carbonyl (C=O) groups excluding carboxylic acids is 2. The van der Waals surface area contributed by atoms with Gasteiger partial charge in [-0.05, 0) is 68.3 Å². The molecule has 0 aromatic heterocycles. The summed E-state index contributed by atoms with van der Waals surface area (Å²) in [6.07, 6.45) is 1.70. The molecule has 0 unspecified atom stereocenters. The molecule has 1 saturated heterocycles. The van der Waals surface area contributed by atoms with Crippen molar-refractivity contribution in [2.75, 3.05) is 0 Å². The third-order valence-electron chi connectivity index (χ3n) is 5.68. The van der Waals surface area contributed by atoms with Crippen LogP contribution in [0.3, 0.4) is 0 Å². The van der Waals surface area contributed by atoms with Crippen LogP contribution < -0.4 is 10.1 Å². The first-order valence-electron chi connectivity index (χ1n) is 10.9. The molecule has 6 heteroatoms. The van der Waals surface area contributed by atoms with Gasteiger partial charge in [0, 0.05) is 0 Å². The lowest BCUT2D eigenvalue weighted by atomic mass is 10.1. The van der Waals surface area contributed by atoms with Gasteiger partial charge in [-0.2, -0.15) is 0 Å². The molecule has 3 amide bonds. The zero-order valence-corrected chi connectivity index (χ0v) is 20.4. The molecule has 1 aliphatic rings. The highest BCUT2D eigenvalue weighted by atomic mass is 127. The third-order valence-corrected chi connectivity index (χ3v) is 6.52. The average Bonchev–Trinajstić information content (AvgIpc) is 3.11. The van der Waals surface area contributed by atoms with E-state index in [-0.39, 0.29) is 18.1 Å². The number of benzene rings is 4. The van der Waals surface area contributed by atoms with Gasteiger partial charge in [-0.15, -0.1) is 0 Å². The number of carbonyl (C=O) groups is 2. The van der Waals surface area contributed by atoms with Gasteiger partial charge in [0.25, 0.3) is 5.91 Å². The van der Waals surface area contributed by atoms with Crippen LogP contribution in [0.25, 0.3) is 16.8 Å². The Balaban J connectivity index is 1.30. The van der Waals surface area contributed by atoms with Crippen LogP contribution in [0.15, 0.2) is 96.7 Å². The van der Waals surface area contributed by atoms with E-state index in [0.29, 0.717) is 6.61 Å². The molecular formula is C28H21IN2O3. The van der Waals surface area contributed by atoms with Crippen LogP contribution in [0.4, 0.5) is 4.79 Å². The van der Waals surface area contributed by atoms with Crippen molar-refractivity contribution in [1.29, 1.82) is 0 Å². The number of amides is 3. The Bertz CT molecular complexity index is 1410. The summed E-state index contributed by atoms with van der Waals surface area (Å²) in [4.78, 5) is 26.4. The molecule has 0 atom stereocenters. The lowest BCUT2D eigenvalue weighted by Gasteiger charge is -2.11. The fourth-order valence-corrected chi connectivity index (χ4v) is 4.64. The number of ether oxygens (including phenoxy) is 1. The lowest BCUT2D eigenvalue weighted by Crippen LogP contribution is -2.30. The van der Waals surface area contributed by atoms with Gasteiger partial charge in [0.2, 0.25) is 0 Å². The zero-order chi connectivity index (χ0) is 23.5. The quantitative estimate of drug-likeness (QED) is 0.176. The van der Waals surface area contributed by atoms with E-state index >= 15 is 0 Å². The first-order chi connectivity index (χ1) is 16.6. The second kappa shape index (κ2) is 9.69. The van der Waals surface area contributed by atoms with E-state index in [1.54, 1.807) is 6.08 Å². The predicted octanol–water partition coefficient (Wildman–Crippen LogP) is 6.12. The molecule has 5 nitrogen and oxygen atoms in total. The van der Waals surface area contributed by atoms with Crippen LogP contribution in [-0.4, -0.2) is 16.8 Å². The molecule has 4 aromatic carbocycles. The lowest BCUT2D eigenvalue weighted by molar-refractivity contribution is -0.123. The van der Waals surface area contributed by atoms with Crippen molar-refractivity contribution >= 4 is 51.4 Å². The van der Waals surface area contributed by atoms with Gasteiger partial charge < -0.3 is 10.1 Å². The largest absolute Gasteiger partial charge is 0.488 e. The summed E-state index contributed by atoms with van der Waals surface area (Å²) in [6, 6.07) is 29.2. The topological polar surface area (TPSA) is 58.6 Å². The number of imide groups is 1. The molecule has 0 bridgehead atoms. The molecule has 1 N–H and O–H groups in total. The first-order valence-corrected chi connectivity index (χ1v) is 11.9. The van der Waals surface area contributed by atoms with Gasteiger partial charge in [-0.3, -0.25) is 9.69 Å². The van der Waals surface area contributed by atoms with Gasteiger partial charge >= 0.3 is 6.03 Å². The van der Waals surface area contributed by atoms with Crippen molar-refractivity contribution in [3.05, 3.63) is 117 Å². The van der Waals surface area contributed by atoms with Crippen LogP contribution in [0.5, 0.6) is 5.75 Å². The molecule has 1 aliphatic heterocycles. The zero-order valence-electron chi connectivity index (χ0n) is 18.2. The number of fused-ring (bicyclic) bond motifs is 1. The third kappa shape index (κ3) is 4.68. The molecule has 1 heterocycles. The summed E-state index contributed by atoms with van der Waals surface area (Å²) in [5.74, 6) is 0.434. The van der Waals surface area contributed by atoms with Crippen LogP contribution in [0.1, 0.15) is 16.7 Å². The van der Waals surface area contributed by atoms with Crippen molar-refractivity contribution in [2.45, 2.75) is 13.2 Å². The summed E-state index contributed by atoms with van der Waals surface area (Å²) < 4.78 is 7.03. The molecule has 0 radical (unpaired) electrons. The highest BCUT2D eigenvalue weighted by Crippen LogP contribution is 2.26. The van der Waals surface area contributed by atoms with E-state index in [1.807, 2.05) is 66.7 Å². The van der Waals surface area contributed by atoms with Crippen molar-refractivity contribution in [1.82, 2.24) is 10.2 Å². The number of hydrogen-bond acceptors (Lipinski definition) is 3. The van der Waals surface area contributed by atoms with E-state index in [2.05, 4.69) is 52.2 Å². The van der Waals surface area contributed by atoms with Gasteiger partial charge in [0.15, 0.2) is 0 Å². The molecule has 5 rings (SSSR count). The van der Waals surface area contributed by atoms with Crippen molar-refractivity contribution in [3.8, 4) is 5.75 Å². The number of nitrogens with one attached hydrogen (secondary N) is 1. The van der Waals surface area contributed by atoms with E-state index in [0.717, 1.165) is 26.0 Å². The van der Waals surface area contributed by atoms with Gasteiger partial charge in [0.1, 0.15) is 18.1 Å². The predicted molar refractivity (Wildman–Crippen MR) is 141 cm³/mol. The van der Waals surface area contributed by atoms with Gasteiger partial charge in [-0.25, -0.2) is 4.79 Å². The molecule has 1 fully saturated rings. The van der Waals surface area contributed by atoms with Crippen molar-refractivity contribution < 1.29 is 14.3 Å². The summed E-state index contributed by atoms with van der Waals surface area (Å²) in [7, 11) is 0. The number of rotatable bonds is 6. The fraction of sp³-hybridized carbons (Fsp3) is 0.0714. The van der Waals surface area contributed by atoms with Crippen LogP contribution in [0.2, 0.25) is 0 Å². The number of halogens is 1. The normalized spacial score (nSPS) is 14.6. The number of nitrogens with zero attached hydrogens (tertiary/aromatic N) is 1. The minimum Gasteiger partial charge on any atom is -0.488 e. The smallest absolute Gasteiger partial charge is 0.329 e.